The molecule has 0 unspecified atom stereocenters. The second kappa shape index (κ2) is 11.8. The maximum absolute atomic E-state index is 15.0. The van der Waals surface area contributed by atoms with Gasteiger partial charge in [-0.05, 0) is 85.5 Å². The van der Waals surface area contributed by atoms with Gasteiger partial charge in [0.05, 0.1) is 22.6 Å². The quantitative estimate of drug-likeness (QED) is 0.276. The highest BCUT2D eigenvalue weighted by Gasteiger charge is 2.23. The monoisotopic (exact) mass is 646 g/mol. The lowest BCUT2D eigenvalue weighted by Crippen LogP contribution is -2.36. The van der Waals surface area contributed by atoms with Gasteiger partial charge < -0.3 is 10.2 Å². The number of benzene rings is 2. The molecule has 1 aliphatic rings. The summed E-state index contributed by atoms with van der Waals surface area (Å²) in [4.78, 5) is 24.5. The predicted molar refractivity (Wildman–Crippen MR) is 159 cm³/mol. The fourth-order valence-corrected chi connectivity index (χ4v) is 6.70. The van der Waals surface area contributed by atoms with E-state index < -0.39 is 33.0 Å². The van der Waals surface area contributed by atoms with Gasteiger partial charge in [0, 0.05) is 35.9 Å². The Labute approximate surface area is 244 Å². The molecular weight excluding hydrogens is 618 g/mol. The first kappa shape index (κ1) is 29.1. The van der Waals surface area contributed by atoms with Gasteiger partial charge in [0.1, 0.15) is 16.1 Å². The molecule has 9 nitrogen and oxygen atoms in total. The molecule has 13 heteroatoms. The molecule has 2 N–H and O–H groups in total. The van der Waals surface area contributed by atoms with Crippen LogP contribution in [0.2, 0.25) is 0 Å². The summed E-state index contributed by atoms with van der Waals surface area (Å²) in [6.07, 6.45) is 7.27. The number of pyridine rings is 1. The molecule has 5 rings (SSSR count). The fourth-order valence-electron chi connectivity index (χ4n) is 4.99. The molecule has 1 aliphatic carbocycles. The van der Waals surface area contributed by atoms with Crippen LogP contribution in [-0.4, -0.2) is 54.0 Å². The molecule has 0 saturated heterocycles. The second-order valence-electron chi connectivity index (χ2n) is 10.4. The molecule has 2 heterocycles. The highest BCUT2D eigenvalue weighted by molar-refractivity contribution is 9.10. The Morgan fingerprint density at radius 2 is 1.78 bits per heavy atom. The van der Waals surface area contributed by atoms with Crippen molar-refractivity contribution >= 4 is 48.5 Å². The van der Waals surface area contributed by atoms with E-state index in [4.69, 9.17) is 0 Å². The third-order valence-electron chi connectivity index (χ3n) is 7.23. The van der Waals surface area contributed by atoms with E-state index in [-0.39, 0.29) is 21.9 Å². The average Bonchev–Trinajstić information content (AvgIpc) is 2.93. The van der Waals surface area contributed by atoms with Crippen molar-refractivity contribution in [2.75, 3.05) is 24.1 Å². The first-order valence-corrected chi connectivity index (χ1v) is 15.5. The van der Waals surface area contributed by atoms with Crippen molar-refractivity contribution in [3.8, 4) is 5.69 Å². The third kappa shape index (κ3) is 6.74. The molecule has 0 spiro atoms. The molecule has 0 radical (unpaired) electrons. The molecule has 0 amide bonds. The topological polar surface area (TPSA) is 109 Å². The number of halogens is 3. The molecule has 4 aromatic rings. The van der Waals surface area contributed by atoms with Crippen LogP contribution in [0.1, 0.15) is 31.2 Å². The van der Waals surface area contributed by atoms with Crippen molar-refractivity contribution in [2.45, 2.75) is 43.5 Å². The van der Waals surface area contributed by atoms with Crippen LogP contribution >= 0.6 is 15.9 Å². The first-order chi connectivity index (χ1) is 19.5. The minimum atomic E-state index is -3.98. The summed E-state index contributed by atoms with van der Waals surface area (Å²) >= 11 is 3.36. The van der Waals surface area contributed by atoms with Crippen LogP contribution in [0.4, 0.5) is 20.4 Å². The number of rotatable bonds is 8. The number of sulfonamides is 1. The van der Waals surface area contributed by atoms with E-state index in [0.717, 1.165) is 43.9 Å². The lowest BCUT2D eigenvalue weighted by atomic mass is 9.91. The van der Waals surface area contributed by atoms with Crippen LogP contribution in [0, 0.1) is 11.6 Å². The van der Waals surface area contributed by atoms with Gasteiger partial charge in [-0.15, -0.1) is 0 Å². The van der Waals surface area contributed by atoms with Crippen molar-refractivity contribution in [2.24, 2.45) is 0 Å². The Kier molecular flexibility index (Phi) is 8.39. The highest BCUT2D eigenvalue weighted by atomic mass is 79.9. The number of nitrogens with one attached hydrogen (secondary N) is 2. The fraction of sp³-hybridized carbons (Fsp3) is 0.321. The van der Waals surface area contributed by atoms with E-state index in [0.29, 0.717) is 28.5 Å². The molecule has 1 fully saturated rings. The van der Waals surface area contributed by atoms with Crippen LogP contribution in [0.5, 0.6) is 0 Å². The Morgan fingerprint density at radius 1 is 1.07 bits per heavy atom. The van der Waals surface area contributed by atoms with E-state index >= 15 is 4.39 Å². The van der Waals surface area contributed by atoms with Crippen molar-refractivity contribution in [3.05, 3.63) is 86.9 Å². The van der Waals surface area contributed by atoms with Crippen LogP contribution in [0.15, 0.2) is 64.1 Å². The van der Waals surface area contributed by atoms with E-state index in [2.05, 4.69) is 54.9 Å². The lowest BCUT2D eigenvalue weighted by molar-refractivity contribution is 0.221. The normalized spacial score (nSPS) is 17.6. The summed E-state index contributed by atoms with van der Waals surface area (Å²) in [5.41, 5.74) is 0.230. The van der Waals surface area contributed by atoms with Gasteiger partial charge in [0.15, 0.2) is 0 Å². The SMILES string of the molecule is CN(C)C1CCC(Nc2ncc3cn(-c4ccc(NS(=O)(=O)Cc5ccc(F)cc5)c(F)c4)c(=O)c(Br)c3n2)CC1. The predicted octanol–water partition coefficient (Wildman–Crippen LogP) is 5.05. The summed E-state index contributed by atoms with van der Waals surface area (Å²) in [5, 5.41) is 3.94. The van der Waals surface area contributed by atoms with Crippen molar-refractivity contribution < 1.29 is 17.2 Å². The number of nitrogens with zero attached hydrogens (tertiary/aromatic N) is 4. The molecule has 2 aromatic carbocycles. The zero-order valence-corrected chi connectivity index (χ0v) is 24.8. The number of hydrogen-bond acceptors (Lipinski definition) is 7. The molecule has 2 aromatic heterocycles. The standard InChI is InChI=1S/C28H29BrF2N6O3S/c1-36(2)21-9-7-20(8-10-21)33-28-32-14-18-15-37(27(38)25(29)26(18)34-28)22-11-12-24(23(31)13-22)35-41(39,40)16-17-3-5-19(30)6-4-17/h3-6,11-15,20-21,35H,7-10,16H2,1-2H3,(H,33,34). The lowest BCUT2D eigenvalue weighted by Gasteiger charge is -2.32. The summed E-state index contributed by atoms with van der Waals surface area (Å²) in [7, 11) is 0.210. The van der Waals surface area contributed by atoms with Crippen molar-refractivity contribution in [1.29, 1.82) is 0 Å². The Balaban J connectivity index is 1.34. The summed E-state index contributed by atoms with van der Waals surface area (Å²) in [6, 6.07) is 9.55. The second-order valence-corrected chi connectivity index (χ2v) is 12.9. The Bertz CT molecular complexity index is 1740. The number of hydrogen-bond donors (Lipinski definition) is 2. The van der Waals surface area contributed by atoms with E-state index in [1.165, 1.54) is 35.0 Å². The largest absolute Gasteiger partial charge is 0.351 e. The Morgan fingerprint density at radius 3 is 2.44 bits per heavy atom. The minimum absolute atomic E-state index is 0.191. The molecular formula is C28H29BrF2N6O3S. The highest BCUT2D eigenvalue weighted by Crippen LogP contribution is 2.26. The van der Waals surface area contributed by atoms with Gasteiger partial charge in [-0.1, -0.05) is 12.1 Å². The van der Waals surface area contributed by atoms with Crippen molar-refractivity contribution in [1.82, 2.24) is 19.4 Å². The third-order valence-corrected chi connectivity index (χ3v) is 9.19. The zero-order chi connectivity index (χ0) is 29.3. The van der Waals surface area contributed by atoms with Crippen LogP contribution in [0.3, 0.4) is 0 Å². The molecule has 41 heavy (non-hydrogen) atoms. The van der Waals surface area contributed by atoms with Crippen LogP contribution in [0.25, 0.3) is 16.6 Å². The summed E-state index contributed by atoms with van der Waals surface area (Å²) in [5.74, 6) is -1.38. The molecule has 1 saturated carbocycles. The van der Waals surface area contributed by atoms with Gasteiger partial charge in [-0.2, -0.15) is 0 Å². The number of aromatic nitrogens is 3. The minimum Gasteiger partial charge on any atom is -0.351 e. The van der Waals surface area contributed by atoms with Gasteiger partial charge >= 0.3 is 0 Å². The van der Waals surface area contributed by atoms with Crippen LogP contribution < -0.4 is 15.6 Å². The van der Waals surface area contributed by atoms with Gasteiger partial charge in [-0.25, -0.2) is 27.2 Å². The zero-order valence-electron chi connectivity index (χ0n) is 22.4. The van der Waals surface area contributed by atoms with Gasteiger partial charge in [-0.3, -0.25) is 14.1 Å². The molecule has 0 atom stereocenters. The van der Waals surface area contributed by atoms with E-state index in [1.807, 2.05) is 0 Å². The van der Waals surface area contributed by atoms with Gasteiger partial charge in [0.25, 0.3) is 5.56 Å². The van der Waals surface area contributed by atoms with Gasteiger partial charge in [0.2, 0.25) is 16.0 Å². The van der Waals surface area contributed by atoms with E-state index in [1.54, 1.807) is 6.20 Å². The summed E-state index contributed by atoms with van der Waals surface area (Å²) in [6.45, 7) is 0. The molecule has 216 valence electrons. The Hall–Kier alpha value is -3.42. The first-order valence-electron chi connectivity index (χ1n) is 13.0. The maximum Gasteiger partial charge on any atom is 0.271 e. The smallest absolute Gasteiger partial charge is 0.271 e. The number of fused-ring (bicyclic) bond motifs is 1. The van der Waals surface area contributed by atoms with Crippen LogP contribution in [-0.2, 0) is 15.8 Å². The maximum atomic E-state index is 15.0. The summed E-state index contributed by atoms with van der Waals surface area (Å²) < 4.78 is 56.9. The molecule has 0 aliphatic heterocycles. The van der Waals surface area contributed by atoms with Crippen molar-refractivity contribution in [3.63, 3.8) is 0 Å². The molecule has 0 bridgehead atoms. The number of anilines is 2. The average molecular weight is 648 g/mol. The van der Waals surface area contributed by atoms with E-state index in [9.17, 15) is 17.6 Å².